The molecule has 5 heteroatoms. The Hall–Kier alpha value is -2.40. The van der Waals surface area contributed by atoms with Crippen molar-refractivity contribution in [3.8, 4) is 0 Å². The lowest BCUT2D eigenvalue weighted by Gasteiger charge is -2.00. The molecule has 0 saturated carbocycles. The van der Waals surface area contributed by atoms with Gasteiger partial charge in [-0.1, -0.05) is 30.3 Å². The fraction of sp³-hybridized carbons (Fsp3) is 0. The second-order valence-corrected chi connectivity index (χ2v) is 4.63. The Morgan fingerprint density at radius 3 is 2.95 bits per heavy atom. The molecule has 0 aliphatic rings. The third-order valence-corrected chi connectivity index (χ3v) is 3.07. The Morgan fingerprint density at radius 1 is 1.26 bits per heavy atom. The van der Waals surface area contributed by atoms with Crippen molar-refractivity contribution in [2.24, 2.45) is 10.8 Å². The number of rotatable bonds is 2. The van der Waals surface area contributed by atoms with Gasteiger partial charge in [-0.05, 0) is 29.1 Å². The molecule has 0 saturated heterocycles. The smallest absolute Gasteiger partial charge is 0.184 e. The van der Waals surface area contributed by atoms with Gasteiger partial charge in [0.25, 0.3) is 0 Å². The number of thiocarbonyl (C=S) groups is 1. The molecule has 3 rings (SSSR count). The molecule has 0 amide bonds. The quantitative estimate of drug-likeness (QED) is 0.380. The van der Waals surface area contributed by atoms with Crippen LogP contribution in [0.15, 0.2) is 47.7 Å². The van der Waals surface area contributed by atoms with Gasteiger partial charge in [0.2, 0.25) is 0 Å². The van der Waals surface area contributed by atoms with Crippen LogP contribution in [0.5, 0.6) is 0 Å². The predicted molar refractivity (Wildman–Crippen MR) is 83.3 cm³/mol. The molecule has 0 bridgehead atoms. The lowest BCUT2D eigenvalue weighted by molar-refractivity contribution is 1.04. The van der Waals surface area contributed by atoms with E-state index < -0.39 is 0 Å². The zero-order valence-corrected chi connectivity index (χ0v) is 10.9. The molecule has 0 fully saturated rings. The van der Waals surface area contributed by atoms with Gasteiger partial charge in [0.15, 0.2) is 5.11 Å². The molecule has 4 N–H and O–H groups in total. The number of benzene rings is 2. The van der Waals surface area contributed by atoms with E-state index in [0.717, 1.165) is 16.5 Å². The van der Waals surface area contributed by atoms with Crippen LogP contribution in [-0.2, 0) is 0 Å². The number of aromatic amines is 1. The maximum Gasteiger partial charge on any atom is 0.184 e. The molecule has 0 radical (unpaired) electrons. The first kappa shape index (κ1) is 11.7. The molecule has 0 aliphatic heterocycles. The Morgan fingerprint density at radius 2 is 2.11 bits per heavy atom. The van der Waals surface area contributed by atoms with Crippen LogP contribution in [0.1, 0.15) is 5.56 Å². The molecule has 4 nitrogen and oxygen atoms in total. The zero-order valence-electron chi connectivity index (χ0n) is 10.1. The van der Waals surface area contributed by atoms with Crippen LogP contribution in [0.4, 0.5) is 0 Å². The topological polar surface area (TPSA) is 66.2 Å². The lowest BCUT2D eigenvalue weighted by atomic mass is 10.0. The van der Waals surface area contributed by atoms with Crippen LogP contribution in [0.2, 0.25) is 0 Å². The minimum absolute atomic E-state index is 0.154. The molecule has 1 heterocycles. The standard InChI is InChI=1S/C14H12N4S/c15-14(19)18-17-8-10-7-16-12-6-5-9-3-1-2-4-11(9)13(10)12/h1-8,16H,(H3,15,18,19)/b17-8-. The van der Waals surface area contributed by atoms with E-state index in [9.17, 15) is 0 Å². The van der Waals surface area contributed by atoms with Crippen LogP contribution in [0, 0.1) is 0 Å². The average Bonchev–Trinajstić information content (AvgIpc) is 2.82. The van der Waals surface area contributed by atoms with Crippen LogP contribution in [0.3, 0.4) is 0 Å². The van der Waals surface area contributed by atoms with Crippen LogP contribution in [0.25, 0.3) is 21.7 Å². The maximum absolute atomic E-state index is 5.33. The van der Waals surface area contributed by atoms with Crippen molar-refractivity contribution in [3.63, 3.8) is 0 Å². The first-order valence-corrected chi connectivity index (χ1v) is 6.24. The Bertz CT molecular complexity index is 788. The van der Waals surface area contributed by atoms with Crippen LogP contribution in [-0.4, -0.2) is 16.3 Å². The monoisotopic (exact) mass is 268 g/mol. The number of hydrazone groups is 1. The molecule has 0 aliphatic carbocycles. The highest BCUT2D eigenvalue weighted by Crippen LogP contribution is 2.26. The van der Waals surface area contributed by atoms with Crippen molar-refractivity contribution in [2.75, 3.05) is 0 Å². The third kappa shape index (κ3) is 2.15. The highest BCUT2D eigenvalue weighted by atomic mass is 32.1. The minimum Gasteiger partial charge on any atom is -0.375 e. The van der Waals surface area contributed by atoms with Crippen molar-refractivity contribution >= 4 is 45.2 Å². The number of nitrogens with one attached hydrogen (secondary N) is 2. The van der Waals surface area contributed by atoms with E-state index in [4.69, 9.17) is 18.0 Å². The summed E-state index contributed by atoms with van der Waals surface area (Å²) in [6.07, 6.45) is 3.63. The second kappa shape index (κ2) is 4.70. The number of aromatic nitrogens is 1. The molecule has 1 aromatic heterocycles. The first-order chi connectivity index (χ1) is 9.25. The van der Waals surface area contributed by atoms with Gasteiger partial charge in [0.1, 0.15) is 0 Å². The molecule has 94 valence electrons. The second-order valence-electron chi connectivity index (χ2n) is 4.19. The molecular weight excluding hydrogens is 256 g/mol. The van der Waals surface area contributed by atoms with Gasteiger partial charge in [0.05, 0.1) is 6.21 Å². The summed E-state index contributed by atoms with van der Waals surface area (Å²) in [5.41, 5.74) is 9.97. The van der Waals surface area contributed by atoms with Crippen LogP contribution >= 0.6 is 12.2 Å². The fourth-order valence-corrected chi connectivity index (χ4v) is 2.25. The van der Waals surface area contributed by atoms with Crippen molar-refractivity contribution in [1.82, 2.24) is 10.4 Å². The normalized spacial score (nSPS) is 11.4. The van der Waals surface area contributed by atoms with Gasteiger partial charge in [-0.2, -0.15) is 5.10 Å². The van der Waals surface area contributed by atoms with E-state index in [-0.39, 0.29) is 5.11 Å². The third-order valence-electron chi connectivity index (χ3n) is 2.98. The summed E-state index contributed by atoms with van der Waals surface area (Å²) in [7, 11) is 0. The highest BCUT2D eigenvalue weighted by molar-refractivity contribution is 7.80. The molecule has 0 unspecified atom stereocenters. The van der Waals surface area contributed by atoms with Gasteiger partial charge in [-0.25, -0.2) is 0 Å². The number of H-pyrrole nitrogens is 1. The predicted octanol–water partition coefficient (Wildman–Crippen LogP) is 2.49. The number of hydrogen-bond acceptors (Lipinski definition) is 2. The van der Waals surface area contributed by atoms with E-state index in [0.29, 0.717) is 0 Å². The molecule has 0 spiro atoms. The van der Waals surface area contributed by atoms with Gasteiger partial charge in [-0.3, -0.25) is 5.43 Å². The largest absolute Gasteiger partial charge is 0.375 e. The van der Waals surface area contributed by atoms with Gasteiger partial charge in [0, 0.05) is 22.7 Å². The fourth-order valence-electron chi connectivity index (χ4n) is 2.20. The average molecular weight is 268 g/mol. The van der Waals surface area contributed by atoms with Crippen molar-refractivity contribution in [3.05, 3.63) is 48.2 Å². The van der Waals surface area contributed by atoms with E-state index in [1.54, 1.807) is 6.21 Å². The van der Waals surface area contributed by atoms with E-state index in [1.807, 2.05) is 18.3 Å². The minimum atomic E-state index is 0.154. The Labute approximate surface area is 115 Å². The summed E-state index contributed by atoms with van der Waals surface area (Å²) < 4.78 is 0. The number of hydrogen-bond donors (Lipinski definition) is 3. The molecular formula is C14H12N4S. The number of nitrogens with zero attached hydrogens (tertiary/aromatic N) is 1. The summed E-state index contributed by atoms with van der Waals surface area (Å²) in [6, 6.07) is 12.4. The summed E-state index contributed by atoms with van der Waals surface area (Å²) in [5.74, 6) is 0. The Balaban J connectivity index is 2.17. The molecule has 19 heavy (non-hydrogen) atoms. The summed E-state index contributed by atoms with van der Waals surface area (Å²) in [4.78, 5) is 3.24. The van der Waals surface area contributed by atoms with Crippen LogP contribution < -0.4 is 11.2 Å². The van der Waals surface area contributed by atoms with E-state index in [2.05, 4.69) is 39.8 Å². The van der Waals surface area contributed by atoms with Crippen molar-refractivity contribution in [1.29, 1.82) is 0 Å². The van der Waals surface area contributed by atoms with Crippen molar-refractivity contribution in [2.45, 2.75) is 0 Å². The Kier molecular flexibility index (Phi) is 2.89. The summed E-state index contributed by atoms with van der Waals surface area (Å²) >= 11 is 4.71. The summed E-state index contributed by atoms with van der Waals surface area (Å²) in [6.45, 7) is 0. The van der Waals surface area contributed by atoms with Crippen molar-refractivity contribution < 1.29 is 0 Å². The van der Waals surface area contributed by atoms with E-state index >= 15 is 0 Å². The highest BCUT2D eigenvalue weighted by Gasteiger charge is 2.05. The summed E-state index contributed by atoms with van der Waals surface area (Å²) in [5, 5.41) is 7.70. The first-order valence-electron chi connectivity index (χ1n) is 5.83. The van der Waals surface area contributed by atoms with Gasteiger partial charge < -0.3 is 10.7 Å². The lowest BCUT2D eigenvalue weighted by Crippen LogP contribution is -2.23. The molecule has 0 atom stereocenters. The maximum atomic E-state index is 5.33. The number of fused-ring (bicyclic) bond motifs is 3. The molecule has 3 aromatic rings. The number of nitrogens with two attached hydrogens (primary N) is 1. The molecule has 2 aromatic carbocycles. The van der Waals surface area contributed by atoms with E-state index in [1.165, 1.54) is 10.8 Å². The SMILES string of the molecule is NC(=S)N/N=C\c1c[nH]c2ccc3ccccc3c12. The van der Waals surface area contributed by atoms with Gasteiger partial charge >= 0.3 is 0 Å². The zero-order chi connectivity index (χ0) is 13.2. The van der Waals surface area contributed by atoms with Gasteiger partial charge in [-0.15, -0.1) is 0 Å².